The highest BCUT2D eigenvalue weighted by Crippen LogP contribution is 2.29. The molecular weight excluding hydrogens is 492 g/mol. The summed E-state index contributed by atoms with van der Waals surface area (Å²) in [6.45, 7) is -0.179. The van der Waals surface area contributed by atoms with Gasteiger partial charge in [-0.25, -0.2) is 9.18 Å². The zero-order valence-corrected chi connectivity index (χ0v) is 19.4. The van der Waals surface area contributed by atoms with E-state index in [0.717, 1.165) is 46.5 Å². The first-order valence-corrected chi connectivity index (χ1v) is 11.0. The summed E-state index contributed by atoms with van der Waals surface area (Å²) in [5.41, 5.74) is -2.41. The van der Waals surface area contributed by atoms with Crippen molar-refractivity contribution in [3.05, 3.63) is 128 Å². The first-order valence-electron chi connectivity index (χ1n) is 11.0. The summed E-state index contributed by atoms with van der Waals surface area (Å²) in [5.74, 6) is -1.31. The fraction of sp³-hybridized carbons (Fsp3) is 0.154. The van der Waals surface area contributed by atoms with Gasteiger partial charge < -0.3 is 4.90 Å². The van der Waals surface area contributed by atoms with Gasteiger partial charge in [-0.15, -0.1) is 0 Å². The van der Waals surface area contributed by atoms with Crippen LogP contribution in [0, 0.1) is 5.82 Å². The number of carbonyl (C=O) groups excluding carboxylic acids is 1. The molecule has 0 aliphatic rings. The molecule has 190 valence electrons. The van der Waals surface area contributed by atoms with Crippen LogP contribution in [0.2, 0.25) is 0 Å². The van der Waals surface area contributed by atoms with Gasteiger partial charge in [-0.3, -0.25) is 14.2 Å². The van der Waals surface area contributed by atoms with Gasteiger partial charge >= 0.3 is 11.9 Å². The molecule has 37 heavy (non-hydrogen) atoms. The summed E-state index contributed by atoms with van der Waals surface area (Å²) in [4.78, 5) is 40.9. The van der Waals surface area contributed by atoms with Crippen LogP contribution in [0.1, 0.15) is 27.2 Å². The molecule has 0 aliphatic carbocycles. The Bertz CT molecular complexity index is 1530. The van der Waals surface area contributed by atoms with Gasteiger partial charge in [0.2, 0.25) is 5.69 Å². The Morgan fingerprint density at radius 2 is 1.51 bits per heavy atom. The van der Waals surface area contributed by atoms with Crippen LogP contribution in [-0.4, -0.2) is 32.2 Å². The lowest BCUT2D eigenvalue weighted by Gasteiger charge is -2.18. The minimum atomic E-state index is -4.60. The largest absolute Gasteiger partial charge is 0.416 e. The summed E-state index contributed by atoms with van der Waals surface area (Å²) >= 11 is 0. The third-order valence-corrected chi connectivity index (χ3v) is 5.56. The Morgan fingerprint density at radius 1 is 0.892 bits per heavy atom. The zero-order chi connectivity index (χ0) is 26.7. The van der Waals surface area contributed by atoms with Crippen LogP contribution in [0.15, 0.2) is 88.5 Å². The number of amides is 1. The molecule has 0 saturated carbocycles. The van der Waals surface area contributed by atoms with Gasteiger partial charge in [-0.1, -0.05) is 42.5 Å². The molecule has 0 bridgehead atoms. The second-order valence-corrected chi connectivity index (χ2v) is 8.25. The van der Waals surface area contributed by atoms with Crippen molar-refractivity contribution < 1.29 is 22.4 Å². The van der Waals surface area contributed by atoms with Crippen LogP contribution in [-0.2, 0) is 19.3 Å². The van der Waals surface area contributed by atoms with Crippen molar-refractivity contribution in [2.24, 2.45) is 0 Å². The number of alkyl halides is 3. The van der Waals surface area contributed by atoms with Gasteiger partial charge in [0.15, 0.2) is 0 Å². The Morgan fingerprint density at radius 3 is 2.11 bits per heavy atom. The van der Waals surface area contributed by atoms with Crippen LogP contribution in [0.25, 0.3) is 5.69 Å². The van der Waals surface area contributed by atoms with Gasteiger partial charge in [-0.2, -0.15) is 23.0 Å². The summed E-state index contributed by atoms with van der Waals surface area (Å²) in [6, 6.07) is 17.5. The fourth-order valence-corrected chi connectivity index (χ4v) is 3.63. The number of halogens is 4. The highest BCUT2D eigenvalue weighted by Gasteiger charge is 2.30. The summed E-state index contributed by atoms with van der Waals surface area (Å²) < 4.78 is 53.9. The molecule has 11 heteroatoms. The van der Waals surface area contributed by atoms with Crippen molar-refractivity contribution in [1.82, 2.24) is 19.2 Å². The SMILES string of the molecule is CN(Cc1ccccc1)C(=O)c1nn(-c2ccc(C(F)(F)F)cc2)c(=O)n(Cc2ccc(F)cc2)c1=O. The zero-order valence-electron chi connectivity index (χ0n) is 19.4. The van der Waals surface area contributed by atoms with Crippen LogP contribution in [0.4, 0.5) is 17.6 Å². The molecule has 3 aromatic carbocycles. The third kappa shape index (κ3) is 5.66. The van der Waals surface area contributed by atoms with Crippen LogP contribution in [0.3, 0.4) is 0 Å². The number of nitrogens with zero attached hydrogens (tertiary/aromatic N) is 4. The lowest BCUT2D eigenvalue weighted by atomic mass is 10.2. The molecule has 4 aromatic rings. The van der Waals surface area contributed by atoms with E-state index < -0.39 is 40.4 Å². The molecule has 1 amide bonds. The quantitative estimate of drug-likeness (QED) is 0.368. The lowest BCUT2D eigenvalue weighted by Crippen LogP contribution is -2.46. The Balaban J connectivity index is 1.82. The predicted molar refractivity (Wildman–Crippen MR) is 127 cm³/mol. The van der Waals surface area contributed by atoms with E-state index in [1.165, 1.54) is 24.1 Å². The molecule has 7 nitrogen and oxygen atoms in total. The Hall–Kier alpha value is -4.54. The maximum Gasteiger partial charge on any atom is 0.416 e. The van der Waals surface area contributed by atoms with E-state index in [4.69, 9.17) is 0 Å². The minimum Gasteiger partial charge on any atom is -0.336 e. The van der Waals surface area contributed by atoms with E-state index in [-0.39, 0.29) is 18.8 Å². The summed E-state index contributed by atoms with van der Waals surface area (Å²) in [5, 5.41) is 3.95. The van der Waals surface area contributed by atoms with Crippen molar-refractivity contribution in [2.45, 2.75) is 19.3 Å². The average Bonchev–Trinajstić information content (AvgIpc) is 2.87. The fourth-order valence-electron chi connectivity index (χ4n) is 3.63. The second kappa shape index (κ2) is 10.2. The standard InChI is InChI=1S/C26H20F4N4O3/c1-32(15-17-5-3-2-4-6-17)23(35)22-24(36)33(16-18-7-11-20(27)12-8-18)25(37)34(31-22)21-13-9-19(10-14-21)26(28,29)30/h2-14H,15-16H2,1H3. The normalized spacial score (nSPS) is 11.4. The smallest absolute Gasteiger partial charge is 0.336 e. The Kier molecular flexibility index (Phi) is 7.05. The van der Waals surface area contributed by atoms with E-state index in [9.17, 15) is 31.9 Å². The maximum atomic E-state index is 13.3. The number of benzene rings is 3. The molecule has 0 N–H and O–H groups in total. The second-order valence-electron chi connectivity index (χ2n) is 8.25. The van der Waals surface area contributed by atoms with Crippen molar-refractivity contribution in [3.8, 4) is 5.69 Å². The number of hydrogen-bond donors (Lipinski definition) is 0. The van der Waals surface area contributed by atoms with E-state index >= 15 is 0 Å². The van der Waals surface area contributed by atoms with Crippen molar-refractivity contribution in [1.29, 1.82) is 0 Å². The number of carbonyl (C=O) groups is 1. The highest BCUT2D eigenvalue weighted by atomic mass is 19.4. The van der Waals surface area contributed by atoms with Crippen molar-refractivity contribution in [2.75, 3.05) is 7.05 Å². The number of rotatable bonds is 6. The average molecular weight is 512 g/mol. The maximum absolute atomic E-state index is 13.3. The first kappa shape index (κ1) is 25.5. The van der Waals surface area contributed by atoms with Gasteiger partial charge in [-0.05, 0) is 47.5 Å². The van der Waals surface area contributed by atoms with Crippen LogP contribution < -0.4 is 11.2 Å². The molecular formula is C26H20F4N4O3. The lowest BCUT2D eigenvalue weighted by molar-refractivity contribution is -0.137. The van der Waals surface area contributed by atoms with E-state index in [1.807, 2.05) is 0 Å². The molecule has 0 aliphatic heterocycles. The van der Waals surface area contributed by atoms with E-state index in [0.29, 0.717) is 10.2 Å². The van der Waals surface area contributed by atoms with E-state index in [2.05, 4.69) is 5.10 Å². The predicted octanol–water partition coefficient (Wildman–Crippen LogP) is 3.87. The highest BCUT2D eigenvalue weighted by molar-refractivity contribution is 5.91. The van der Waals surface area contributed by atoms with E-state index in [1.54, 1.807) is 30.3 Å². The molecule has 0 saturated heterocycles. The van der Waals surface area contributed by atoms with Gasteiger partial charge in [0, 0.05) is 13.6 Å². The topological polar surface area (TPSA) is 77.2 Å². The molecule has 1 heterocycles. The Labute approximate surface area is 207 Å². The molecule has 1 aromatic heterocycles. The number of hydrogen-bond acceptors (Lipinski definition) is 4. The molecule has 0 atom stereocenters. The molecule has 0 radical (unpaired) electrons. The van der Waals surface area contributed by atoms with Crippen molar-refractivity contribution >= 4 is 5.91 Å². The monoisotopic (exact) mass is 512 g/mol. The van der Waals surface area contributed by atoms with Crippen LogP contribution in [0.5, 0.6) is 0 Å². The van der Waals surface area contributed by atoms with Gasteiger partial charge in [0.1, 0.15) is 5.82 Å². The van der Waals surface area contributed by atoms with Crippen molar-refractivity contribution in [3.63, 3.8) is 0 Å². The first-order chi connectivity index (χ1) is 17.5. The van der Waals surface area contributed by atoms with Gasteiger partial charge in [0.05, 0.1) is 17.8 Å². The molecule has 4 rings (SSSR count). The third-order valence-electron chi connectivity index (χ3n) is 5.56. The minimum absolute atomic E-state index is 0.0781. The molecule has 0 fully saturated rings. The van der Waals surface area contributed by atoms with Crippen LogP contribution >= 0.6 is 0 Å². The summed E-state index contributed by atoms with van der Waals surface area (Å²) in [7, 11) is 1.45. The molecule has 0 unspecified atom stereocenters. The number of aromatic nitrogens is 3. The van der Waals surface area contributed by atoms with Gasteiger partial charge in [0.25, 0.3) is 11.5 Å². The summed E-state index contributed by atoms with van der Waals surface area (Å²) in [6.07, 6.45) is -4.60. The molecule has 0 spiro atoms.